The van der Waals surface area contributed by atoms with Gasteiger partial charge in [0.1, 0.15) is 0 Å². The fourth-order valence-corrected chi connectivity index (χ4v) is 0. The second-order valence-electron chi connectivity index (χ2n) is 0.756. The van der Waals surface area contributed by atoms with Gasteiger partial charge in [-0.3, -0.25) is 0 Å². The molecule has 0 spiro atoms. The molecule has 0 saturated heterocycles. The molecule has 0 atom stereocenters. The van der Waals surface area contributed by atoms with Crippen molar-refractivity contribution in [3.8, 4) is 0 Å². The van der Waals surface area contributed by atoms with E-state index in [-0.39, 0.29) is 49.6 Å². The standard InChI is InChI=1S/2ClHO4.Co.6H2O/c2*2-1(3,4)5;;;;;;;/h2*(H,2,3,4,5);;6*1H2/p-2. The fourth-order valence-electron chi connectivity index (χ4n) is 0. The summed E-state index contributed by atoms with van der Waals surface area (Å²) in [6, 6.07) is 0. The van der Waals surface area contributed by atoms with Gasteiger partial charge in [-0.15, -0.1) is 20.5 Å². The Bertz CT molecular complexity index is 57.2. The Morgan fingerprint density at radius 2 is 0.353 bits per heavy atom. The molecule has 0 aromatic carbocycles. The summed E-state index contributed by atoms with van der Waals surface area (Å²) in [5.41, 5.74) is 0. The zero-order valence-corrected chi connectivity index (χ0v) is 9.91. The van der Waals surface area contributed by atoms with Gasteiger partial charge in [-0.2, -0.15) is 0 Å². The largest absolute Gasteiger partial charge is 0.412 e. The van der Waals surface area contributed by atoms with Crippen LogP contribution in [0.4, 0.5) is 0 Å². The van der Waals surface area contributed by atoms with Crippen LogP contribution in [0.1, 0.15) is 0 Å². The van der Waals surface area contributed by atoms with Crippen molar-refractivity contribution in [1.29, 1.82) is 0 Å². The minimum atomic E-state index is -4.94. The molecule has 17 heteroatoms. The quantitative estimate of drug-likeness (QED) is 0.394. The molecule has 0 aromatic heterocycles. The van der Waals surface area contributed by atoms with Crippen LogP contribution in [0.2, 0.25) is 0 Å². The predicted octanol–water partition coefficient (Wildman–Crippen LogP) is -14.5. The van der Waals surface area contributed by atoms with Gasteiger partial charge in [-0.25, -0.2) is 37.3 Å². The summed E-state index contributed by atoms with van der Waals surface area (Å²) < 4.78 is 67.9. The summed E-state index contributed by atoms with van der Waals surface area (Å²) in [4.78, 5) is 0. The van der Waals surface area contributed by atoms with Crippen molar-refractivity contribution in [1.82, 2.24) is 0 Å². The van der Waals surface area contributed by atoms with Crippen LogP contribution in [-0.2, 0) is 16.8 Å². The van der Waals surface area contributed by atoms with E-state index >= 15 is 0 Å². The normalized spacial score (nSPS) is 7.06. The smallest absolute Gasteiger partial charge is 0 e. The van der Waals surface area contributed by atoms with Crippen LogP contribution < -0.4 is 37.3 Å². The van der Waals surface area contributed by atoms with Crippen LogP contribution in [0.15, 0.2) is 0 Å². The summed E-state index contributed by atoms with van der Waals surface area (Å²) in [7, 11) is -9.89. The third kappa shape index (κ3) is 12600. The van der Waals surface area contributed by atoms with Gasteiger partial charge in [-0.1, -0.05) is 0 Å². The first kappa shape index (κ1) is 65.8. The van der Waals surface area contributed by atoms with Crippen molar-refractivity contribution < 1.29 is 107 Å². The van der Waals surface area contributed by atoms with E-state index in [0.717, 1.165) is 0 Å². The summed E-state index contributed by atoms with van der Waals surface area (Å²) in [6.45, 7) is 0. The zero-order valence-electron chi connectivity index (χ0n) is 7.36. The maximum atomic E-state index is 8.49. The molecule has 0 aliphatic carbocycles. The maximum Gasteiger partial charge on any atom is 0 e. The number of halogens is 2. The van der Waals surface area contributed by atoms with E-state index in [1.165, 1.54) is 0 Å². The van der Waals surface area contributed by atoms with E-state index in [1.807, 2.05) is 0 Å². The molecule has 121 valence electrons. The molecule has 0 unspecified atom stereocenters. The zero-order chi connectivity index (χ0) is 9.00. The van der Waals surface area contributed by atoms with Gasteiger partial charge in [-0.05, 0) is 0 Å². The molecule has 0 aliphatic heterocycles. The topological polar surface area (TPSA) is 373 Å². The van der Waals surface area contributed by atoms with Crippen molar-refractivity contribution in [3.63, 3.8) is 0 Å². The molecule has 1 radical (unpaired) electrons. The Hall–Kier alpha value is 0.526. The molecule has 0 rings (SSSR count). The van der Waals surface area contributed by atoms with Gasteiger partial charge < -0.3 is 32.9 Å². The van der Waals surface area contributed by atoms with E-state index < -0.39 is 20.5 Å². The monoisotopic (exact) mass is 365 g/mol. The van der Waals surface area contributed by atoms with E-state index in [4.69, 9.17) is 37.3 Å². The van der Waals surface area contributed by atoms with E-state index in [0.29, 0.717) is 0 Å². The van der Waals surface area contributed by atoms with Gasteiger partial charge in [0.2, 0.25) is 0 Å². The molecule has 12 N–H and O–H groups in total. The Morgan fingerprint density at radius 1 is 0.353 bits per heavy atom. The Balaban J connectivity index is -0.00000000762. The van der Waals surface area contributed by atoms with E-state index in [9.17, 15) is 0 Å². The first-order valence-corrected chi connectivity index (χ1v) is 3.70. The van der Waals surface area contributed by atoms with Crippen LogP contribution in [0.5, 0.6) is 0 Å². The van der Waals surface area contributed by atoms with Gasteiger partial charge in [0.05, 0.1) is 0 Å². The van der Waals surface area contributed by atoms with Gasteiger partial charge in [0.25, 0.3) is 0 Å². The molecule has 0 amide bonds. The van der Waals surface area contributed by atoms with Gasteiger partial charge in [0.15, 0.2) is 0 Å². The van der Waals surface area contributed by atoms with Crippen LogP contribution in [-0.4, -0.2) is 32.9 Å². The number of rotatable bonds is 0. The predicted molar refractivity (Wildman–Crippen MR) is 21.7 cm³/mol. The molecule has 0 aliphatic rings. The van der Waals surface area contributed by atoms with Crippen molar-refractivity contribution in [2.75, 3.05) is 0 Å². The minimum Gasteiger partial charge on any atom is -0.412 e. The van der Waals surface area contributed by atoms with Crippen molar-refractivity contribution in [2.24, 2.45) is 0 Å². The van der Waals surface area contributed by atoms with Crippen molar-refractivity contribution >= 4 is 0 Å². The summed E-state index contributed by atoms with van der Waals surface area (Å²) >= 11 is 0. The average molecular weight is 366 g/mol. The molecular weight excluding hydrogens is 354 g/mol. The van der Waals surface area contributed by atoms with Gasteiger partial charge in [0, 0.05) is 16.8 Å². The number of hydrogen-bond acceptors (Lipinski definition) is 8. The van der Waals surface area contributed by atoms with Crippen molar-refractivity contribution in [3.05, 3.63) is 0 Å². The average Bonchev–Trinajstić information content (AvgIpc) is 1.12. The van der Waals surface area contributed by atoms with Crippen LogP contribution in [0.3, 0.4) is 0 Å². The molecule has 0 aromatic rings. The third-order valence-corrected chi connectivity index (χ3v) is 0. The summed E-state index contributed by atoms with van der Waals surface area (Å²) in [5, 5.41) is 0. The molecule has 17 heavy (non-hydrogen) atoms. The van der Waals surface area contributed by atoms with Crippen LogP contribution in [0.25, 0.3) is 0 Å². The first-order chi connectivity index (χ1) is 4.00. The van der Waals surface area contributed by atoms with E-state index in [1.54, 1.807) is 0 Å². The Kier molecular flexibility index (Phi) is 98.3. The molecule has 0 saturated carbocycles. The Labute approximate surface area is 108 Å². The first-order valence-electron chi connectivity index (χ1n) is 1.23. The SMILES string of the molecule is O.O.O.O.O.O.[Co].[O-][Cl+3]([O-])([O-])[O-].[O-][Cl+3]([O-])([O-])[O-]. The fraction of sp³-hybridized carbons (Fsp3) is 0. The molecule has 0 fully saturated rings. The molecule has 0 heterocycles. The third-order valence-electron chi connectivity index (χ3n) is 0. The summed E-state index contributed by atoms with van der Waals surface area (Å²) in [5.74, 6) is 0. The second-order valence-corrected chi connectivity index (χ2v) is 2.27. The van der Waals surface area contributed by atoms with Crippen molar-refractivity contribution in [2.45, 2.75) is 0 Å². The minimum absolute atomic E-state index is 0. The van der Waals surface area contributed by atoms with Crippen LogP contribution in [0, 0.1) is 20.5 Å². The van der Waals surface area contributed by atoms with Crippen LogP contribution >= 0.6 is 0 Å². The molecule has 0 bridgehead atoms. The van der Waals surface area contributed by atoms with Gasteiger partial charge >= 0.3 is 0 Å². The summed E-state index contributed by atoms with van der Waals surface area (Å²) in [6.07, 6.45) is 0. The molecule has 14 nitrogen and oxygen atoms in total. The molecular formula is H12Cl2CoO14-2. The Morgan fingerprint density at radius 3 is 0.353 bits per heavy atom. The maximum absolute atomic E-state index is 8.49. The van der Waals surface area contributed by atoms with E-state index in [2.05, 4.69) is 0 Å². The second kappa shape index (κ2) is 25.4. The number of hydrogen-bond donors (Lipinski definition) is 0.